The van der Waals surface area contributed by atoms with Gasteiger partial charge in [0.2, 0.25) is 6.29 Å². The maximum atomic E-state index is 11.0. The summed E-state index contributed by atoms with van der Waals surface area (Å²) >= 11 is 0. The van der Waals surface area contributed by atoms with E-state index in [1.165, 1.54) is 0 Å². The molecule has 0 saturated carbocycles. The van der Waals surface area contributed by atoms with E-state index >= 15 is 0 Å². The van der Waals surface area contributed by atoms with Crippen LogP contribution in [0.25, 0.3) is 0 Å². The highest BCUT2D eigenvalue weighted by Crippen LogP contribution is 2.16. The first kappa shape index (κ1) is 30.0. The van der Waals surface area contributed by atoms with Crippen LogP contribution < -0.4 is 0 Å². The molecule has 0 saturated heterocycles. The molecule has 0 amide bonds. The van der Waals surface area contributed by atoms with Crippen LogP contribution in [0.15, 0.2) is 50.6 Å². The van der Waals surface area contributed by atoms with Gasteiger partial charge in [-0.2, -0.15) is 0 Å². The summed E-state index contributed by atoms with van der Waals surface area (Å²) < 4.78 is 19.4. The van der Waals surface area contributed by atoms with Crippen molar-refractivity contribution in [1.82, 2.24) is 0 Å². The Balaban J connectivity index is 0. The number of unbranched alkanes of at least 4 members (excludes halogenated alkanes) is 2. The van der Waals surface area contributed by atoms with Crippen LogP contribution in [-0.2, 0) is 38.1 Å². The molecule has 8 heteroatoms. The summed E-state index contributed by atoms with van der Waals surface area (Å²) in [6.45, 7) is 19.1. The molecule has 0 rings (SSSR count). The van der Waals surface area contributed by atoms with Gasteiger partial charge in [0.25, 0.3) is 0 Å². The minimum atomic E-state index is -0.845. The number of carbonyl (C=O) groups excluding carboxylic acids is 4. The monoisotopic (exact) mass is 438 g/mol. The molecule has 31 heavy (non-hydrogen) atoms. The van der Waals surface area contributed by atoms with Gasteiger partial charge in [0, 0.05) is 36.1 Å². The van der Waals surface area contributed by atoms with E-state index in [4.69, 9.17) is 18.9 Å². The van der Waals surface area contributed by atoms with Crippen molar-refractivity contribution >= 4 is 23.9 Å². The lowest BCUT2D eigenvalue weighted by molar-refractivity contribution is -0.182. The van der Waals surface area contributed by atoms with E-state index in [-0.39, 0.29) is 13.2 Å². The average molecular weight is 439 g/mol. The molecule has 0 aliphatic heterocycles. The zero-order valence-corrected chi connectivity index (χ0v) is 18.7. The first-order chi connectivity index (χ1) is 14.5. The Morgan fingerprint density at radius 2 is 1.13 bits per heavy atom. The second-order valence-corrected chi connectivity index (χ2v) is 7.00. The summed E-state index contributed by atoms with van der Waals surface area (Å²) in [6, 6.07) is 0. The van der Waals surface area contributed by atoms with E-state index < -0.39 is 35.6 Å². The third-order valence-electron chi connectivity index (χ3n) is 3.42. The zero-order chi connectivity index (χ0) is 24.3. The van der Waals surface area contributed by atoms with Crippen molar-refractivity contribution in [3.63, 3.8) is 0 Å². The second-order valence-electron chi connectivity index (χ2n) is 7.00. The predicted molar refractivity (Wildman–Crippen MR) is 117 cm³/mol. The molecule has 174 valence electrons. The van der Waals surface area contributed by atoms with Crippen molar-refractivity contribution in [1.29, 1.82) is 0 Å². The Morgan fingerprint density at radius 1 is 0.742 bits per heavy atom. The molecule has 0 N–H and O–H groups in total. The smallest absolute Gasteiger partial charge is 0.333 e. The van der Waals surface area contributed by atoms with Crippen LogP contribution in [0, 0.1) is 5.41 Å². The van der Waals surface area contributed by atoms with Gasteiger partial charge in [0.1, 0.15) is 0 Å². The van der Waals surface area contributed by atoms with E-state index in [9.17, 15) is 19.2 Å². The number of esters is 4. The van der Waals surface area contributed by atoms with E-state index in [2.05, 4.69) is 33.2 Å². The Bertz CT molecular complexity index is 585. The Kier molecular flexibility index (Phi) is 17.1. The SMILES string of the molecule is C=CC(=O)OC(CCCCC)OC(=O)C=C.C=CC(=O)OCC(C)(C)COC(=O)C=C. The average Bonchev–Trinajstić information content (AvgIpc) is 2.76. The Morgan fingerprint density at radius 3 is 1.45 bits per heavy atom. The standard InChI is InChI=1S/C12H18O4.C11H16O4/c1-4-7-8-9-12(15-10(13)5-2)16-11(14)6-3;1-5-9(12)14-7-11(3,4)8-15-10(13)6-2/h5-6,12H,2-4,7-9H2,1H3;5-6H,1-2,7-8H2,3-4H3. The van der Waals surface area contributed by atoms with Gasteiger partial charge in [-0.25, -0.2) is 19.2 Å². The van der Waals surface area contributed by atoms with Crippen LogP contribution in [0.2, 0.25) is 0 Å². The molecule has 0 aromatic heterocycles. The van der Waals surface area contributed by atoms with E-state index in [1.54, 1.807) is 0 Å². The minimum absolute atomic E-state index is 0.169. The fourth-order valence-electron chi connectivity index (χ4n) is 1.75. The van der Waals surface area contributed by atoms with Crippen LogP contribution in [0.3, 0.4) is 0 Å². The maximum Gasteiger partial charge on any atom is 0.333 e. The van der Waals surface area contributed by atoms with Crippen molar-refractivity contribution in [2.45, 2.75) is 52.7 Å². The van der Waals surface area contributed by atoms with Gasteiger partial charge >= 0.3 is 23.9 Å². The van der Waals surface area contributed by atoms with Gasteiger partial charge in [-0.3, -0.25) is 0 Å². The highest BCUT2D eigenvalue weighted by molar-refractivity contribution is 5.83. The topological polar surface area (TPSA) is 105 Å². The molecule has 0 aliphatic carbocycles. The third-order valence-corrected chi connectivity index (χ3v) is 3.42. The molecule has 0 atom stereocenters. The minimum Gasteiger partial charge on any atom is -0.462 e. The number of rotatable bonds is 14. The number of hydrogen-bond acceptors (Lipinski definition) is 8. The highest BCUT2D eigenvalue weighted by Gasteiger charge is 2.21. The van der Waals surface area contributed by atoms with Crippen LogP contribution in [-0.4, -0.2) is 43.4 Å². The molecule has 8 nitrogen and oxygen atoms in total. The van der Waals surface area contributed by atoms with Crippen LogP contribution in [0.1, 0.15) is 46.5 Å². The molecule has 0 radical (unpaired) electrons. The summed E-state index contributed by atoms with van der Waals surface area (Å²) in [5.74, 6) is -2.17. The fourth-order valence-corrected chi connectivity index (χ4v) is 1.75. The van der Waals surface area contributed by atoms with E-state index in [0.717, 1.165) is 43.6 Å². The first-order valence-electron chi connectivity index (χ1n) is 9.79. The molecule has 0 unspecified atom stereocenters. The Labute approximate surface area is 184 Å². The highest BCUT2D eigenvalue weighted by atomic mass is 16.7. The lowest BCUT2D eigenvalue weighted by Gasteiger charge is -2.22. The quantitative estimate of drug-likeness (QED) is 0.132. The molecule has 0 fully saturated rings. The molecular formula is C23H34O8. The molecule has 0 aliphatic rings. The Hall–Kier alpha value is -3.16. The van der Waals surface area contributed by atoms with Gasteiger partial charge in [-0.05, 0) is 6.42 Å². The van der Waals surface area contributed by atoms with Gasteiger partial charge in [0.05, 0.1) is 13.2 Å². The predicted octanol–water partition coefficient (Wildman–Crippen LogP) is 3.82. The van der Waals surface area contributed by atoms with Crippen molar-refractivity contribution in [2.24, 2.45) is 5.41 Å². The molecule has 0 aromatic rings. The summed E-state index contributed by atoms with van der Waals surface area (Å²) in [6.07, 6.45) is 6.76. The molecular weight excluding hydrogens is 404 g/mol. The van der Waals surface area contributed by atoms with Crippen LogP contribution >= 0.6 is 0 Å². The number of hydrogen-bond donors (Lipinski definition) is 0. The maximum absolute atomic E-state index is 11.0. The van der Waals surface area contributed by atoms with Crippen molar-refractivity contribution in [3.8, 4) is 0 Å². The zero-order valence-electron chi connectivity index (χ0n) is 18.7. The van der Waals surface area contributed by atoms with Crippen molar-refractivity contribution in [3.05, 3.63) is 50.6 Å². The summed E-state index contributed by atoms with van der Waals surface area (Å²) in [7, 11) is 0. The first-order valence-corrected chi connectivity index (χ1v) is 9.79. The van der Waals surface area contributed by atoms with Crippen molar-refractivity contribution in [2.75, 3.05) is 13.2 Å². The van der Waals surface area contributed by atoms with E-state index in [1.807, 2.05) is 13.8 Å². The van der Waals surface area contributed by atoms with Crippen LogP contribution in [0.4, 0.5) is 0 Å². The molecule has 0 spiro atoms. The normalized spacial score (nSPS) is 9.94. The lowest BCUT2D eigenvalue weighted by Crippen LogP contribution is -2.27. The largest absolute Gasteiger partial charge is 0.462 e. The van der Waals surface area contributed by atoms with Gasteiger partial charge in [0.15, 0.2) is 0 Å². The third kappa shape index (κ3) is 18.6. The molecule has 0 bridgehead atoms. The summed E-state index contributed by atoms with van der Waals surface area (Å²) in [4.78, 5) is 43.5. The van der Waals surface area contributed by atoms with Gasteiger partial charge in [-0.1, -0.05) is 59.9 Å². The van der Waals surface area contributed by atoms with Gasteiger partial charge < -0.3 is 18.9 Å². The number of ether oxygens (including phenoxy) is 4. The summed E-state index contributed by atoms with van der Waals surface area (Å²) in [5.41, 5.74) is -0.419. The molecule has 0 heterocycles. The summed E-state index contributed by atoms with van der Waals surface area (Å²) in [5, 5.41) is 0. The van der Waals surface area contributed by atoms with Crippen molar-refractivity contribution < 1.29 is 38.1 Å². The lowest BCUT2D eigenvalue weighted by atomic mass is 9.96. The van der Waals surface area contributed by atoms with Gasteiger partial charge in [-0.15, -0.1) is 0 Å². The molecule has 0 aromatic carbocycles. The number of carbonyl (C=O) groups is 4. The second kappa shape index (κ2) is 17.7. The fraction of sp³-hybridized carbons (Fsp3) is 0.478. The van der Waals surface area contributed by atoms with Crippen LogP contribution in [0.5, 0.6) is 0 Å². The van der Waals surface area contributed by atoms with E-state index in [0.29, 0.717) is 6.42 Å².